The number of rotatable bonds is 5. The summed E-state index contributed by atoms with van der Waals surface area (Å²) in [6.45, 7) is 0. The monoisotopic (exact) mass is 414 g/mol. The quantitative estimate of drug-likeness (QED) is 0.332. The van der Waals surface area contributed by atoms with E-state index >= 15 is 0 Å². The van der Waals surface area contributed by atoms with E-state index in [-0.39, 0.29) is 0 Å². The van der Waals surface area contributed by atoms with Crippen LogP contribution in [0.2, 0.25) is 0 Å². The minimum atomic E-state index is 0.353. The normalized spacial score (nSPS) is 10.6. The molecule has 0 saturated carbocycles. The second-order valence-electron chi connectivity index (χ2n) is 7.42. The van der Waals surface area contributed by atoms with E-state index in [0.717, 1.165) is 39.3 Å². The number of nitrogens with two attached hydrogens (primary N) is 1. The van der Waals surface area contributed by atoms with Crippen LogP contribution in [-0.4, -0.2) is 9.97 Å². The van der Waals surface area contributed by atoms with Gasteiger partial charge in [-0.15, -0.1) is 0 Å². The maximum Gasteiger partial charge on any atom is 0.174 e. The predicted octanol–water partition coefficient (Wildman–Crippen LogP) is 6.80. The van der Waals surface area contributed by atoms with Crippen molar-refractivity contribution in [3.05, 3.63) is 115 Å². The van der Waals surface area contributed by atoms with Crippen molar-refractivity contribution >= 4 is 17.3 Å². The van der Waals surface area contributed by atoms with Gasteiger partial charge in [-0.3, -0.25) is 0 Å². The van der Waals surface area contributed by atoms with Crippen LogP contribution in [0, 0.1) is 0 Å². The number of nitrogens with one attached hydrogen (secondary N) is 1. The summed E-state index contributed by atoms with van der Waals surface area (Å²) in [6, 6.07) is 38.4. The molecule has 0 spiro atoms. The van der Waals surface area contributed by atoms with Crippen molar-refractivity contribution < 1.29 is 0 Å². The van der Waals surface area contributed by atoms with E-state index in [1.807, 2.05) is 97.1 Å². The minimum Gasteiger partial charge on any atom is -0.381 e. The van der Waals surface area contributed by atoms with Crippen LogP contribution >= 0.6 is 0 Å². The molecule has 0 aliphatic heterocycles. The van der Waals surface area contributed by atoms with Crippen molar-refractivity contribution in [2.75, 3.05) is 11.1 Å². The first-order valence-electron chi connectivity index (χ1n) is 10.5. The van der Waals surface area contributed by atoms with Gasteiger partial charge >= 0.3 is 0 Å². The first-order chi connectivity index (χ1) is 15.8. The molecule has 4 nitrogen and oxygen atoms in total. The maximum atomic E-state index is 6.41. The maximum absolute atomic E-state index is 6.41. The third-order valence-corrected chi connectivity index (χ3v) is 5.28. The second kappa shape index (κ2) is 8.74. The Labute approximate surface area is 187 Å². The number of benzene rings is 4. The van der Waals surface area contributed by atoms with Crippen molar-refractivity contribution in [3.63, 3.8) is 0 Å². The third-order valence-electron chi connectivity index (χ3n) is 5.28. The summed E-state index contributed by atoms with van der Waals surface area (Å²) in [5.41, 5.74) is 13.0. The van der Waals surface area contributed by atoms with Crippen molar-refractivity contribution in [2.45, 2.75) is 0 Å². The summed E-state index contributed by atoms with van der Waals surface area (Å²) in [4.78, 5) is 9.72. The smallest absolute Gasteiger partial charge is 0.174 e. The summed E-state index contributed by atoms with van der Waals surface area (Å²) in [5.74, 6) is 0.887. The molecule has 5 rings (SSSR count). The molecule has 0 radical (unpaired) electrons. The van der Waals surface area contributed by atoms with Gasteiger partial charge in [0.1, 0.15) is 0 Å². The average molecular weight is 415 g/mol. The molecule has 4 heteroatoms. The molecule has 0 atom stereocenters. The fourth-order valence-electron chi connectivity index (χ4n) is 3.72. The molecule has 154 valence electrons. The van der Waals surface area contributed by atoms with E-state index in [0.29, 0.717) is 11.6 Å². The molecular formula is C28H22N4. The van der Waals surface area contributed by atoms with Crippen molar-refractivity contribution in [3.8, 4) is 33.6 Å². The zero-order chi connectivity index (χ0) is 21.8. The van der Waals surface area contributed by atoms with Crippen LogP contribution in [0.3, 0.4) is 0 Å². The van der Waals surface area contributed by atoms with Gasteiger partial charge in [-0.2, -0.15) is 0 Å². The van der Waals surface area contributed by atoms with Crippen LogP contribution in [0.5, 0.6) is 0 Å². The lowest BCUT2D eigenvalue weighted by molar-refractivity contribution is 1.21. The Balaban J connectivity index is 1.63. The molecule has 1 aromatic heterocycles. The number of para-hydroxylation sites is 1. The second-order valence-corrected chi connectivity index (χ2v) is 7.42. The highest BCUT2D eigenvalue weighted by atomic mass is 15.1. The van der Waals surface area contributed by atoms with Gasteiger partial charge in [0.05, 0.1) is 11.4 Å². The molecular weight excluding hydrogens is 392 g/mol. The van der Waals surface area contributed by atoms with E-state index in [1.165, 1.54) is 0 Å². The Morgan fingerprint density at radius 3 is 1.56 bits per heavy atom. The molecule has 0 saturated heterocycles. The van der Waals surface area contributed by atoms with Crippen LogP contribution in [0.1, 0.15) is 0 Å². The molecule has 32 heavy (non-hydrogen) atoms. The predicted molar refractivity (Wildman–Crippen MR) is 132 cm³/mol. The Morgan fingerprint density at radius 2 is 0.969 bits per heavy atom. The van der Waals surface area contributed by atoms with E-state index in [2.05, 4.69) is 23.5 Å². The van der Waals surface area contributed by atoms with Gasteiger partial charge in [-0.05, 0) is 11.6 Å². The molecule has 0 unspecified atom stereocenters. The first-order valence-corrected chi connectivity index (χ1v) is 10.5. The summed E-state index contributed by atoms with van der Waals surface area (Å²) >= 11 is 0. The molecule has 0 bridgehead atoms. The highest BCUT2D eigenvalue weighted by molar-refractivity contribution is 5.85. The Kier molecular flexibility index (Phi) is 5.33. The molecule has 5 aromatic rings. The fraction of sp³-hybridized carbons (Fsp3) is 0. The van der Waals surface area contributed by atoms with Gasteiger partial charge in [0, 0.05) is 22.4 Å². The molecule has 0 aliphatic rings. The fourth-order valence-corrected chi connectivity index (χ4v) is 3.72. The van der Waals surface area contributed by atoms with Crippen LogP contribution in [-0.2, 0) is 0 Å². The Bertz CT molecular complexity index is 1330. The van der Waals surface area contributed by atoms with E-state index < -0.39 is 0 Å². The van der Waals surface area contributed by atoms with Crippen molar-refractivity contribution in [1.29, 1.82) is 0 Å². The number of aromatic nitrogens is 2. The standard InChI is InChI=1S/C28H22N4/c29-27-28(30-24-19-11-10-18-23(24)20-12-4-1-5-13-20)32-26(22-16-8-3-9-17-22)25(31-27)21-14-6-2-7-15-21/h1-19H,(H2,29,31)(H,30,32). The van der Waals surface area contributed by atoms with Gasteiger partial charge in [0.25, 0.3) is 0 Å². The summed E-state index contributed by atoms with van der Waals surface area (Å²) in [5, 5.41) is 3.43. The van der Waals surface area contributed by atoms with Crippen LogP contribution in [0.15, 0.2) is 115 Å². The van der Waals surface area contributed by atoms with Gasteiger partial charge in [-0.1, -0.05) is 109 Å². The molecule has 0 fully saturated rings. The van der Waals surface area contributed by atoms with Crippen LogP contribution in [0.4, 0.5) is 17.3 Å². The first kappa shape index (κ1) is 19.5. The SMILES string of the molecule is Nc1nc(-c2ccccc2)c(-c2ccccc2)nc1Nc1ccccc1-c1ccccc1. The van der Waals surface area contributed by atoms with Gasteiger partial charge in [-0.25, -0.2) is 9.97 Å². The van der Waals surface area contributed by atoms with E-state index in [1.54, 1.807) is 0 Å². The number of nitrogens with zero attached hydrogens (tertiary/aromatic N) is 2. The Morgan fingerprint density at radius 1 is 0.500 bits per heavy atom. The largest absolute Gasteiger partial charge is 0.381 e. The number of hydrogen-bond acceptors (Lipinski definition) is 4. The van der Waals surface area contributed by atoms with Crippen molar-refractivity contribution in [2.24, 2.45) is 0 Å². The number of anilines is 3. The molecule has 4 aromatic carbocycles. The Hall–Kier alpha value is -4.44. The van der Waals surface area contributed by atoms with Gasteiger partial charge in [0.15, 0.2) is 11.6 Å². The molecule has 1 heterocycles. The van der Waals surface area contributed by atoms with Gasteiger partial charge in [0.2, 0.25) is 0 Å². The number of hydrogen-bond donors (Lipinski definition) is 2. The van der Waals surface area contributed by atoms with Crippen LogP contribution < -0.4 is 11.1 Å². The lowest BCUT2D eigenvalue weighted by Gasteiger charge is -2.16. The minimum absolute atomic E-state index is 0.353. The van der Waals surface area contributed by atoms with Crippen LogP contribution in [0.25, 0.3) is 33.6 Å². The molecule has 0 amide bonds. The molecule has 3 N–H and O–H groups in total. The topological polar surface area (TPSA) is 63.8 Å². The lowest BCUT2D eigenvalue weighted by atomic mass is 10.0. The summed E-state index contributed by atoms with van der Waals surface area (Å²) in [6.07, 6.45) is 0. The van der Waals surface area contributed by atoms with Crippen molar-refractivity contribution in [1.82, 2.24) is 9.97 Å². The highest BCUT2D eigenvalue weighted by Crippen LogP contribution is 2.35. The average Bonchev–Trinajstić information content (AvgIpc) is 2.87. The summed E-state index contributed by atoms with van der Waals surface area (Å²) in [7, 11) is 0. The molecule has 0 aliphatic carbocycles. The number of nitrogen functional groups attached to an aromatic ring is 1. The highest BCUT2D eigenvalue weighted by Gasteiger charge is 2.16. The third kappa shape index (κ3) is 3.94. The lowest BCUT2D eigenvalue weighted by Crippen LogP contribution is -2.06. The zero-order valence-corrected chi connectivity index (χ0v) is 17.4. The summed E-state index contributed by atoms with van der Waals surface area (Å²) < 4.78 is 0. The zero-order valence-electron chi connectivity index (χ0n) is 17.4. The van der Waals surface area contributed by atoms with Gasteiger partial charge < -0.3 is 11.1 Å². The van der Waals surface area contributed by atoms with E-state index in [9.17, 15) is 0 Å². The van der Waals surface area contributed by atoms with E-state index in [4.69, 9.17) is 15.7 Å².